The number of nitrogen functional groups attached to an aromatic ring is 1. The molecule has 158 valence electrons. The standard InChI is InChI=1S/C21H24F4N2O2/c1-12-10-18(13(2)9-17(12)26)27(19(28)29-20(3,4)5)11-14-15(21(23,24)25)7-6-8-16(14)22/h6-10H,11,26H2,1-5H3. The van der Waals surface area contributed by atoms with Gasteiger partial charge >= 0.3 is 12.3 Å². The Bertz CT molecular complexity index is 918. The van der Waals surface area contributed by atoms with Crippen LogP contribution in [0.15, 0.2) is 30.3 Å². The minimum absolute atomic E-state index is 0.294. The van der Waals surface area contributed by atoms with Gasteiger partial charge in [0.2, 0.25) is 0 Å². The Balaban J connectivity index is 2.62. The topological polar surface area (TPSA) is 55.6 Å². The Morgan fingerprint density at radius 3 is 2.28 bits per heavy atom. The Labute approximate surface area is 167 Å². The smallest absolute Gasteiger partial charge is 0.416 e. The highest BCUT2D eigenvalue weighted by Crippen LogP contribution is 2.35. The molecule has 0 saturated heterocycles. The molecule has 8 heteroatoms. The van der Waals surface area contributed by atoms with Gasteiger partial charge < -0.3 is 10.5 Å². The number of amides is 1. The van der Waals surface area contributed by atoms with Crippen LogP contribution in [-0.2, 0) is 17.5 Å². The lowest BCUT2D eigenvalue weighted by Crippen LogP contribution is -2.37. The highest BCUT2D eigenvalue weighted by molar-refractivity contribution is 5.89. The quantitative estimate of drug-likeness (QED) is 0.498. The lowest BCUT2D eigenvalue weighted by molar-refractivity contribution is -0.138. The van der Waals surface area contributed by atoms with E-state index >= 15 is 0 Å². The third kappa shape index (κ3) is 5.40. The van der Waals surface area contributed by atoms with Crippen LogP contribution in [0, 0.1) is 19.7 Å². The second-order valence-electron chi connectivity index (χ2n) is 7.83. The van der Waals surface area contributed by atoms with E-state index in [-0.39, 0.29) is 0 Å². The van der Waals surface area contributed by atoms with E-state index in [4.69, 9.17) is 10.5 Å². The van der Waals surface area contributed by atoms with E-state index in [2.05, 4.69) is 0 Å². The molecule has 0 aromatic heterocycles. The van der Waals surface area contributed by atoms with Crippen molar-refractivity contribution >= 4 is 17.5 Å². The molecule has 2 aromatic carbocycles. The van der Waals surface area contributed by atoms with Gasteiger partial charge in [0, 0.05) is 11.3 Å². The van der Waals surface area contributed by atoms with E-state index in [0.29, 0.717) is 22.5 Å². The molecule has 4 nitrogen and oxygen atoms in total. The molecule has 0 radical (unpaired) electrons. The van der Waals surface area contributed by atoms with Crippen LogP contribution < -0.4 is 10.6 Å². The number of carbonyl (C=O) groups is 1. The van der Waals surface area contributed by atoms with Gasteiger partial charge in [-0.25, -0.2) is 9.18 Å². The minimum Gasteiger partial charge on any atom is -0.443 e. The number of hydrogen-bond acceptors (Lipinski definition) is 3. The molecule has 0 unspecified atom stereocenters. The fourth-order valence-corrected chi connectivity index (χ4v) is 2.82. The predicted molar refractivity (Wildman–Crippen MR) is 104 cm³/mol. The normalized spacial score (nSPS) is 12.0. The zero-order chi connectivity index (χ0) is 22.1. The van der Waals surface area contributed by atoms with Gasteiger partial charge in [-0.05, 0) is 70.0 Å². The first-order valence-electron chi connectivity index (χ1n) is 8.92. The number of hydrogen-bond donors (Lipinski definition) is 1. The summed E-state index contributed by atoms with van der Waals surface area (Å²) in [5.41, 5.74) is 5.14. The van der Waals surface area contributed by atoms with E-state index in [1.807, 2.05) is 0 Å². The van der Waals surface area contributed by atoms with Crippen molar-refractivity contribution in [1.82, 2.24) is 0 Å². The van der Waals surface area contributed by atoms with Gasteiger partial charge in [-0.2, -0.15) is 13.2 Å². The average molecular weight is 412 g/mol. The first-order valence-corrected chi connectivity index (χ1v) is 8.92. The Hall–Kier alpha value is -2.77. The van der Waals surface area contributed by atoms with Crippen molar-refractivity contribution in [2.45, 2.75) is 52.9 Å². The molecule has 0 aliphatic heterocycles. The molecule has 0 aliphatic carbocycles. The summed E-state index contributed by atoms with van der Waals surface area (Å²) in [6, 6.07) is 5.88. The summed E-state index contributed by atoms with van der Waals surface area (Å²) < 4.78 is 60.1. The predicted octanol–water partition coefficient (Wildman–Crippen LogP) is 5.99. The number of rotatable bonds is 3. The monoisotopic (exact) mass is 412 g/mol. The second kappa shape index (κ2) is 7.93. The number of alkyl halides is 3. The molecular formula is C21H24F4N2O2. The molecule has 0 heterocycles. The van der Waals surface area contributed by atoms with Crippen molar-refractivity contribution in [2.75, 3.05) is 10.6 Å². The van der Waals surface area contributed by atoms with E-state index in [0.717, 1.165) is 23.1 Å². The Morgan fingerprint density at radius 2 is 1.72 bits per heavy atom. The van der Waals surface area contributed by atoms with Crippen LogP contribution in [-0.4, -0.2) is 11.7 Å². The fourth-order valence-electron chi connectivity index (χ4n) is 2.82. The summed E-state index contributed by atoms with van der Waals surface area (Å²) >= 11 is 0. The second-order valence-corrected chi connectivity index (χ2v) is 7.83. The molecule has 0 bridgehead atoms. The van der Waals surface area contributed by atoms with Crippen molar-refractivity contribution in [1.29, 1.82) is 0 Å². The van der Waals surface area contributed by atoms with Crippen molar-refractivity contribution in [3.63, 3.8) is 0 Å². The maximum absolute atomic E-state index is 14.4. The highest BCUT2D eigenvalue weighted by Gasteiger charge is 2.36. The molecule has 2 N–H and O–H groups in total. The highest BCUT2D eigenvalue weighted by atomic mass is 19.4. The van der Waals surface area contributed by atoms with E-state index in [1.165, 1.54) is 0 Å². The molecule has 1 amide bonds. The van der Waals surface area contributed by atoms with Crippen LogP contribution in [0.3, 0.4) is 0 Å². The minimum atomic E-state index is -4.77. The average Bonchev–Trinajstić information content (AvgIpc) is 2.54. The number of aryl methyl sites for hydroxylation is 2. The lowest BCUT2D eigenvalue weighted by Gasteiger charge is -2.30. The third-order valence-corrected chi connectivity index (χ3v) is 4.23. The van der Waals surface area contributed by atoms with Crippen LogP contribution in [0.5, 0.6) is 0 Å². The number of halogens is 4. The van der Waals surface area contributed by atoms with E-state index < -0.39 is 41.4 Å². The molecule has 0 spiro atoms. The van der Waals surface area contributed by atoms with Gasteiger partial charge in [0.05, 0.1) is 17.8 Å². The third-order valence-electron chi connectivity index (χ3n) is 4.23. The fraction of sp³-hybridized carbons (Fsp3) is 0.381. The summed E-state index contributed by atoms with van der Waals surface area (Å²) in [6.07, 6.45) is -5.66. The summed E-state index contributed by atoms with van der Waals surface area (Å²) in [4.78, 5) is 13.9. The van der Waals surface area contributed by atoms with Crippen LogP contribution in [0.25, 0.3) is 0 Å². The van der Waals surface area contributed by atoms with Gasteiger partial charge in [-0.15, -0.1) is 0 Å². The number of carbonyl (C=O) groups excluding carboxylic acids is 1. The largest absolute Gasteiger partial charge is 0.443 e. The molecule has 0 atom stereocenters. The first-order chi connectivity index (χ1) is 13.2. The number of anilines is 2. The molecule has 2 aromatic rings. The Kier molecular flexibility index (Phi) is 6.15. The number of nitrogens with two attached hydrogens (primary N) is 1. The van der Waals surface area contributed by atoms with Gasteiger partial charge in [0.25, 0.3) is 0 Å². The van der Waals surface area contributed by atoms with Gasteiger partial charge in [0.15, 0.2) is 0 Å². The maximum Gasteiger partial charge on any atom is 0.416 e. The van der Waals surface area contributed by atoms with Gasteiger partial charge in [-0.1, -0.05) is 6.07 Å². The van der Waals surface area contributed by atoms with Crippen molar-refractivity contribution in [3.8, 4) is 0 Å². The van der Waals surface area contributed by atoms with Crippen molar-refractivity contribution in [2.24, 2.45) is 0 Å². The molecule has 29 heavy (non-hydrogen) atoms. The van der Waals surface area contributed by atoms with Gasteiger partial charge in [-0.3, -0.25) is 4.90 Å². The summed E-state index contributed by atoms with van der Waals surface area (Å²) in [5, 5.41) is 0. The van der Waals surface area contributed by atoms with Crippen LogP contribution in [0.2, 0.25) is 0 Å². The molecule has 2 rings (SSSR count). The summed E-state index contributed by atoms with van der Waals surface area (Å²) in [7, 11) is 0. The van der Waals surface area contributed by atoms with Crippen molar-refractivity contribution in [3.05, 3.63) is 58.4 Å². The zero-order valence-corrected chi connectivity index (χ0v) is 16.9. The number of ether oxygens (including phenoxy) is 1. The van der Waals surface area contributed by atoms with Gasteiger partial charge in [0.1, 0.15) is 11.4 Å². The molecule has 0 aliphatic rings. The first kappa shape index (κ1) is 22.5. The SMILES string of the molecule is Cc1cc(N(Cc2c(F)cccc2C(F)(F)F)C(=O)OC(C)(C)C)c(C)cc1N. The molecular weight excluding hydrogens is 388 g/mol. The number of nitrogens with zero attached hydrogens (tertiary/aromatic N) is 1. The maximum atomic E-state index is 14.4. The summed E-state index contributed by atoms with van der Waals surface area (Å²) in [6.45, 7) is 7.61. The summed E-state index contributed by atoms with van der Waals surface area (Å²) in [5.74, 6) is -1.06. The van der Waals surface area contributed by atoms with Crippen molar-refractivity contribution < 1.29 is 27.1 Å². The van der Waals surface area contributed by atoms with Crippen LogP contribution >= 0.6 is 0 Å². The van der Waals surface area contributed by atoms with Crippen LogP contribution in [0.4, 0.5) is 33.7 Å². The van der Waals surface area contributed by atoms with E-state index in [9.17, 15) is 22.4 Å². The van der Waals surface area contributed by atoms with E-state index in [1.54, 1.807) is 46.8 Å². The number of benzene rings is 2. The molecule has 0 saturated carbocycles. The van der Waals surface area contributed by atoms with Crippen LogP contribution in [0.1, 0.15) is 43.0 Å². The Morgan fingerprint density at radius 1 is 1.10 bits per heavy atom. The molecule has 0 fully saturated rings. The lowest BCUT2D eigenvalue weighted by atomic mass is 10.0. The zero-order valence-electron chi connectivity index (χ0n) is 16.9.